The molecule has 0 N–H and O–H groups in total. The molecule has 7 rings (SSSR count). The Balaban J connectivity index is 0.00000514. The third kappa shape index (κ3) is 9.63. The molecule has 0 radical (unpaired) electrons. The summed E-state index contributed by atoms with van der Waals surface area (Å²) in [5.41, 5.74) is 6.14. The van der Waals surface area contributed by atoms with Gasteiger partial charge >= 0.3 is 6.18 Å². The van der Waals surface area contributed by atoms with E-state index in [2.05, 4.69) is 28.2 Å². The van der Waals surface area contributed by atoms with Crippen LogP contribution < -0.4 is 22.5 Å². The van der Waals surface area contributed by atoms with Gasteiger partial charge < -0.3 is 30.6 Å². The first-order chi connectivity index (χ1) is 25.8. The van der Waals surface area contributed by atoms with Crippen LogP contribution in [0.15, 0.2) is 113 Å². The molecule has 0 aliphatic heterocycles. The van der Waals surface area contributed by atoms with Gasteiger partial charge in [-0.05, 0) is 77.9 Å². The van der Waals surface area contributed by atoms with Crippen LogP contribution in [0.3, 0.4) is 0 Å². The number of quaternary nitrogens is 1. The van der Waals surface area contributed by atoms with E-state index in [1.807, 2.05) is 30.5 Å². The van der Waals surface area contributed by atoms with Crippen LogP contribution in [-0.2, 0) is 50.9 Å². The summed E-state index contributed by atoms with van der Waals surface area (Å²) in [5.74, 6) is 0.690. The second-order valence-corrected chi connectivity index (χ2v) is 15.3. The molecule has 0 amide bonds. The first-order valence-electron chi connectivity index (χ1n) is 17.7. The lowest BCUT2D eigenvalue weighted by Gasteiger charge is -2.30. The predicted molar refractivity (Wildman–Crippen MR) is 200 cm³/mol. The maximum Gasteiger partial charge on any atom is 0.416 e. The first-order valence-corrected chi connectivity index (χ1v) is 18.7. The SMILES string of the molecule is C[N+](C)(Cc1ccc(F)cc1)Cc1cnc(Cn2c(SCc3ccc(F)cc3)nc(=O)c3c2CCC3)n1Cc1ccc(-c2ccc(C(F)(F)F)cc2)cc1.[Br-]. The highest BCUT2D eigenvalue weighted by molar-refractivity contribution is 7.98. The Morgan fingerprint density at radius 2 is 1.31 bits per heavy atom. The molecule has 2 heterocycles. The molecule has 0 saturated heterocycles. The highest BCUT2D eigenvalue weighted by Crippen LogP contribution is 2.32. The van der Waals surface area contributed by atoms with E-state index >= 15 is 0 Å². The second-order valence-electron chi connectivity index (χ2n) is 14.4. The molecule has 1 aliphatic rings. The van der Waals surface area contributed by atoms with Gasteiger partial charge in [-0.2, -0.15) is 18.2 Å². The monoisotopic (exact) mass is 835 g/mol. The zero-order valence-corrected chi connectivity index (χ0v) is 32.7. The summed E-state index contributed by atoms with van der Waals surface area (Å²) in [5, 5.41) is 0.578. The fourth-order valence-corrected chi connectivity index (χ4v) is 8.01. The molecule has 13 heteroatoms. The van der Waals surface area contributed by atoms with E-state index < -0.39 is 11.7 Å². The Labute approximate surface area is 331 Å². The van der Waals surface area contributed by atoms with Crippen molar-refractivity contribution in [3.05, 3.63) is 170 Å². The van der Waals surface area contributed by atoms with Crippen molar-refractivity contribution < 1.29 is 43.4 Å². The van der Waals surface area contributed by atoms with E-state index in [1.54, 1.807) is 24.3 Å². The van der Waals surface area contributed by atoms with E-state index in [9.17, 15) is 26.7 Å². The standard InChI is InChI=1S/C42H39F5N5OS.BrH/c1-52(2,25-29-8-18-34(43)19-9-29)26-36-22-48-39(50(36)23-28-6-12-31(13-7-28)32-14-16-33(17-15-32)42(45,46)47)24-51-38-5-3-4-37(38)40(53)49-41(51)54-27-30-10-20-35(44)21-11-30;/h6-22H,3-5,23-27H2,1-2H3;1H/q+1;/p-1. The van der Waals surface area contributed by atoms with Crippen LogP contribution in [0.4, 0.5) is 22.0 Å². The number of rotatable bonds is 12. The largest absolute Gasteiger partial charge is 1.00 e. The minimum absolute atomic E-state index is 0. The van der Waals surface area contributed by atoms with Crippen LogP contribution in [0.25, 0.3) is 11.1 Å². The molecule has 6 nitrogen and oxygen atoms in total. The maximum absolute atomic E-state index is 13.7. The van der Waals surface area contributed by atoms with Crippen molar-refractivity contribution in [2.45, 2.75) is 62.5 Å². The molecule has 55 heavy (non-hydrogen) atoms. The Bertz CT molecular complexity index is 2310. The number of hydrogen-bond donors (Lipinski definition) is 0. The summed E-state index contributed by atoms with van der Waals surface area (Å²) in [6, 6.07) is 25.7. The van der Waals surface area contributed by atoms with Gasteiger partial charge in [-0.25, -0.2) is 13.8 Å². The van der Waals surface area contributed by atoms with Gasteiger partial charge in [0, 0.05) is 29.1 Å². The molecule has 4 aromatic carbocycles. The second kappa shape index (κ2) is 16.6. The van der Waals surface area contributed by atoms with Crippen molar-refractivity contribution in [2.24, 2.45) is 0 Å². The zero-order chi connectivity index (χ0) is 38.0. The number of benzene rings is 4. The fraction of sp³-hybridized carbons (Fsp3) is 0.262. The molecule has 2 aromatic heterocycles. The molecular formula is C42H39BrF5N5OS. The maximum atomic E-state index is 13.7. The van der Waals surface area contributed by atoms with E-state index in [0.29, 0.717) is 53.6 Å². The zero-order valence-electron chi connectivity index (χ0n) is 30.3. The Morgan fingerprint density at radius 3 is 1.93 bits per heavy atom. The van der Waals surface area contributed by atoms with Crippen LogP contribution in [-0.4, -0.2) is 37.7 Å². The Kier molecular flexibility index (Phi) is 12.1. The summed E-state index contributed by atoms with van der Waals surface area (Å²) in [6.45, 7) is 2.11. The fourth-order valence-electron chi connectivity index (χ4n) is 7.04. The number of thioether (sulfide) groups is 1. The number of hydrogen-bond acceptors (Lipinski definition) is 4. The van der Waals surface area contributed by atoms with Crippen LogP contribution in [0.1, 0.15) is 51.5 Å². The molecule has 0 bridgehead atoms. The average molecular weight is 837 g/mol. The van der Waals surface area contributed by atoms with E-state index in [1.165, 1.54) is 48.2 Å². The number of aromatic nitrogens is 4. The minimum Gasteiger partial charge on any atom is -1.00 e. The summed E-state index contributed by atoms with van der Waals surface area (Å²) >= 11 is 1.44. The lowest BCUT2D eigenvalue weighted by atomic mass is 10.0. The highest BCUT2D eigenvalue weighted by Gasteiger charge is 2.30. The van der Waals surface area contributed by atoms with Crippen LogP contribution in [0, 0.1) is 11.6 Å². The van der Waals surface area contributed by atoms with Gasteiger partial charge in [0.25, 0.3) is 5.56 Å². The van der Waals surface area contributed by atoms with Gasteiger partial charge in [-0.15, -0.1) is 0 Å². The van der Waals surface area contributed by atoms with Crippen LogP contribution >= 0.6 is 11.8 Å². The number of halogens is 6. The quantitative estimate of drug-likeness (QED) is 0.0652. The third-order valence-electron chi connectivity index (χ3n) is 9.76. The molecule has 1 aliphatic carbocycles. The topological polar surface area (TPSA) is 52.7 Å². The van der Waals surface area contributed by atoms with Crippen molar-refractivity contribution >= 4 is 11.8 Å². The minimum atomic E-state index is -4.40. The van der Waals surface area contributed by atoms with Crippen molar-refractivity contribution in [1.82, 2.24) is 19.1 Å². The van der Waals surface area contributed by atoms with Crippen molar-refractivity contribution in [3.8, 4) is 11.1 Å². The summed E-state index contributed by atoms with van der Waals surface area (Å²) in [7, 11) is 4.23. The van der Waals surface area contributed by atoms with Crippen LogP contribution in [0.5, 0.6) is 0 Å². The van der Waals surface area contributed by atoms with Crippen molar-refractivity contribution in [3.63, 3.8) is 0 Å². The molecule has 6 aromatic rings. The number of alkyl halides is 3. The number of nitrogens with zero attached hydrogens (tertiary/aromatic N) is 5. The summed E-state index contributed by atoms with van der Waals surface area (Å²) < 4.78 is 71.6. The highest BCUT2D eigenvalue weighted by atomic mass is 79.9. The Hall–Kier alpha value is -4.59. The van der Waals surface area contributed by atoms with Gasteiger partial charge in [0.05, 0.1) is 38.1 Å². The van der Waals surface area contributed by atoms with Crippen molar-refractivity contribution in [1.29, 1.82) is 0 Å². The number of imidazole rings is 1. The van der Waals surface area contributed by atoms with Gasteiger partial charge in [-0.3, -0.25) is 4.79 Å². The first kappa shape index (κ1) is 40.1. The summed E-state index contributed by atoms with van der Waals surface area (Å²) in [6.07, 6.45) is -0.235. The lowest BCUT2D eigenvalue weighted by molar-refractivity contribution is -0.917. The normalized spacial score (nSPS) is 12.8. The van der Waals surface area contributed by atoms with E-state index in [0.717, 1.165) is 70.0 Å². The Morgan fingerprint density at radius 1 is 0.727 bits per heavy atom. The molecule has 0 saturated carbocycles. The third-order valence-corrected chi connectivity index (χ3v) is 10.8. The number of fused-ring (bicyclic) bond motifs is 1. The van der Waals surface area contributed by atoms with Gasteiger partial charge in [0.15, 0.2) is 5.16 Å². The molecule has 0 unspecified atom stereocenters. The molecule has 0 fully saturated rings. The molecular weight excluding hydrogens is 797 g/mol. The van der Waals surface area contributed by atoms with Crippen molar-refractivity contribution in [2.75, 3.05) is 14.1 Å². The van der Waals surface area contributed by atoms with E-state index in [-0.39, 0.29) is 34.2 Å². The van der Waals surface area contributed by atoms with Gasteiger partial charge in [-0.1, -0.05) is 72.4 Å². The average Bonchev–Trinajstić information content (AvgIpc) is 3.78. The molecule has 0 spiro atoms. The smallest absolute Gasteiger partial charge is 0.416 e. The van der Waals surface area contributed by atoms with Gasteiger partial charge in [0.1, 0.15) is 30.5 Å². The van der Waals surface area contributed by atoms with Crippen LogP contribution in [0.2, 0.25) is 0 Å². The molecule has 0 atom stereocenters. The lowest BCUT2D eigenvalue weighted by Crippen LogP contribution is -3.00. The van der Waals surface area contributed by atoms with Gasteiger partial charge in [0.2, 0.25) is 0 Å². The summed E-state index contributed by atoms with van der Waals surface area (Å²) in [4.78, 5) is 22.6. The molecule has 286 valence electrons. The predicted octanol–water partition coefficient (Wildman–Crippen LogP) is 6.06. The van der Waals surface area contributed by atoms with E-state index in [4.69, 9.17) is 4.98 Å².